The summed E-state index contributed by atoms with van der Waals surface area (Å²) in [4.78, 5) is 2.43. The van der Waals surface area contributed by atoms with Crippen molar-refractivity contribution in [1.82, 2.24) is 5.32 Å². The van der Waals surface area contributed by atoms with Gasteiger partial charge in [0.15, 0.2) is 0 Å². The predicted octanol–water partition coefficient (Wildman–Crippen LogP) is 1.67. The number of hydrogen-bond acceptors (Lipinski definition) is 3. The summed E-state index contributed by atoms with van der Waals surface area (Å²) in [5.74, 6) is 1.76. The minimum absolute atomic E-state index is 0.642. The van der Waals surface area contributed by atoms with E-state index in [1.165, 1.54) is 30.6 Å². The first kappa shape index (κ1) is 10.9. The molecule has 3 heteroatoms. The third-order valence-electron chi connectivity index (χ3n) is 4.24. The van der Waals surface area contributed by atoms with Gasteiger partial charge in [-0.2, -0.15) is 0 Å². The van der Waals surface area contributed by atoms with E-state index < -0.39 is 0 Å². The molecular formula is C14H20N2O. The molecule has 1 fully saturated rings. The van der Waals surface area contributed by atoms with E-state index in [1.54, 1.807) is 7.11 Å². The van der Waals surface area contributed by atoms with Crippen LogP contribution < -0.4 is 15.0 Å². The van der Waals surface area contributed by atoms with Crippen LogP contribution in [-0.2, 0) is 6.42 Å². The van der Waals surface area contributed by atoms with Gasteiger partial charge in [-0.3, -0.25) is 0 Å². The number of piperidine rings is 1. The molecular weight excluding hydrogens is 212 g/mol. The first-order chi connectivity index (χ1) is 8.29. The molecule has 17 heavy (non-hydrogen) atoms. The second-order valence-electron chi connectivity index (χ2n) is 5.13. The number of rotatable bonds is 1. The summed E-state index contributed by atoms with van der Waals surface area (Å²) in [5.41, 5.74) is 2.81. The van der Waals surface area contributed by atoms with Crippen LogP contribution in [0.4, 0.5) is 5.69 Å². The summed E-state index contributed by atoms with van der Waals surface area (Å²) in [6.45, 7) is 2.28. The zero-order chi connectivity index (χ0) is 11.8. The van der Waals surface area contributed by atoms with Gasteiger partial charge in [-0.05, 0) is 36.9 Å². The molecule has 2 aliphatic rings. The number of likely N-dealkylation sites (N-methyl/N-ethyl adjacent to an activating group) is 1. The Morgan fingerprint density at radius 3 is 3.12 bits per heavy atom. The first-order valence-electron chi connectivity index (χ1n) is 6.40. The lowest BCUT2D eigenvalue weighted by Gasteiger charge is -2.44. The van der Waals surface area contributed by atoms with Gasteiger partial charge in [0.05, 0.1) is 7.11 Å². The van der Waals surface area contributed by atoms with Crippen LogP contribution in [0.3, 0.4) is 0 Å². The fourth-order valence-corrected chi connectivity index (χ4v) is 3.22. The highest BCUT2D eigenvalue weighted by molar-refractivity contribution is 5.59. The Labute approximate surface area is 103 Å². The number of nitrogens with zero attached hydrogens (tertiary/aromatic N) is 1. The number of nitrogens with one attached hydrogen (secondary N) is 1. The highest BCUT2D eigenvalue weighted by Gasteiger charge is 2.33. The van der Waals surface area contributed by atoms with E-state index in [0.29, 0.717) is 6.04 Å². The topological polar surface area (TPSA) is 24.5 Å². The van der Waals surface area contributed by atoms with Gasteiger partial charge in [0.1, 0.15) is 5.75 Å². The highest BCUT2D eigenvalue weighted by Crippen LogP contribution is 2.37. The van der Waals surface area contributed by atoms with Crippen LogP contribution >= 0.6 is 0 Å². The Morgan fingerprint density at radius 2 is 2.29 bits per heavy atom. The van der Waals surface area contributed by atoms with Crippen LogP contribution in [0, 0.1) is 5.92 Å². The van der Waals surface area contributed by atoms with Crippen LogP contribution in [0.1, 0.15) is 12.0 Å². The van der Waals surface area contributed by atoms with Crippen molar-refractivity contribution in [1.29, 1.82) is 0 Å². The molecule has 3 rings (SSSR count). The lowest BCUT2D eigenvalue weighted by atomic mass is 9.82. The van der Waals surface area contributed by atoms with E-state index in [9.17, 15) is 0 Å². The number of hydrogen-bond donors (Lipinski definition) is 1. The van der Waals surface area contributed by atoms with E-state index in [4.69, 9.17) is 4.74 Å². The number of benzene rings is 1. The molecule has 1 N–H and O–H groups in total. The molecule has 92 valence electrons. The van der Waals surface area contributed by atoms with Crippen LogP contribution in [0.15, 0.2) is 18.2 Å². The molecule has 0 aliphatic carbocycles. The van der Waals surface area contributed by atoms with Crippen molar-refractivity contribution in [2.24, 2.45) is 5.92 Å². The average molecular weight is 232 g/mol. The second kappa shape index (κ2) is 4.22. The summed E-state index contributed by atoms with van der Waals surface area (Å²) >= 11 is 0. The Balaban J connectivity index is 1.97. The molecule has 1 aromatic carbocycles. The Bertz CT molecular complexity index is 419. The lowest BCUT2D eigenvalue weighted by molar-refractivity contribution is 0.302. The maximum Gasteiger partial charge on any atom is 0.120 e. The molecule has 0 bridgehead atoms. The van der Waals surface area contributed by atoms with Gasteiger partial charge in [0.2, 0.25) is 0 Å². The third-order valence-corrected chi connectivity index (χ3v) is 4.24. The van der Waals surface area contributed by atoms with Gasteiger partial charge in [-0.25, -0.2) is 0 Å². The Morgan fingerprint density at radius 1 is 1.41 bits per heavy atom. The Kier molecular flexibility index (Phi) is 2.71. The number of anilines is 1. The van der Waals surface area contributed by atoms with E-state index in [0.717, 1.165) is 18.2 Å². The zero-order valence-electron chi connectivity index (χ0n) is 10.6. The summed E-state index contributed by atoms with van der Waals surface area (Å²) in [5, 5.41) is 3.50. The summed E-state index contributed by atoms with van der Waals surface area (Å²) < 4.78 is 5.32. The normalized spacial score (nSPS) is 27.3. The quantitative estimate of drug-likeness (QED) is 0.797. The highest BCUT2D eigenvalue weighted by atomic mass is 16.5. The molecule has 1 aromatic rings. The van der Waals surface area contributed by atoms with E-state index >= 15 is 0 Å². The number of ether oxygens (including phenoxy) is 1. The van der Waals surface area contributed by atoms with Gasteiger partial charge in [-0.1, -0.05) is 6.07 Å². The molecule has 0 saturated carbocycles. The summed E-state index contributed by atoms with van der Waals surface area (Å²) in [6, 6.07) is 7.11. The molecule has 1 saturated heterocycles. The molecule has 2 heterocycles. The summed E-state index contributed by atoms with van der Waals surface area (Å²) in [7, 11) is 3.94. The van der Waals surface area contributed by atoms with Crippen molar-refractivity contribution < 1.29 is 4.74 Å². The molecule has 2 unspecified atom stereocenters. The van der Waals surface area contributed by atoms with Gasteiger partial charge in [0, 0.05) is 31.4 Å². The van der Waals surface area contributed by atoms with Crippen molar-refractivity contribution in [2.75, 3.05) is 32.1 Å². The first-order valence-corrected chi connectivity index (χ1v) is 6.40. The number of methoxy groups -OCH3 is 1. The molecule has 2 atom stereocenters. The molecule has 0 radical (unpaired) electrons. The van der Waals surface area contributed by atoms with Gasteiger partial charge >= 0.3 is 0 Å². The molecule has 2 aliphatic heterocycles. The smallest absolute Gasteiger partial charge is 0.120 e. The third kappa shape index (κ3) is 1.78. The zero-order valence-corrected chi connectivity index (χ0v) is 10.6. The van der Waals surface area contributed by atoms with Crippen molar-refractivity contribution in [2.45, 2.75) is 18.9 Å². The fraction of sp³-hybridized carbons (Fsp3) is 0.571. The summed E-state index contributed by atoms with van der Waals surface area (Å²) in [6.07, 6.45) is 2.51. The van der Waals surface area contributed by atoms with Crippen molar-refractivity contribution >= 4 is 5.69 Å². The van der Waals surface area contributed by atoms with Crippen LogP contribution in [0.25, 0.3) is 0 Å². The van der Waals surface area contributed by atoms with Crippen molar-refractivity contribution in [3.05, 3.63) is 23.8 Å². The van der Waals surface area contributed by atoms with Gasteiger partial charge in [-0.15, -0.1) is 0 Å². The van der Waals surface area contributed by atoms with Crippen molar-refractivity contribution in [3.63, 3.8) is 0 Å². The van der Waals surface area contributed by atoms with Gasteiger partial charge < -0.3 is 15.0 Å². The lowest BCUT2D eigenvalue weighted by Crippen LogP contribution is -2.53. The van der Waals surface area contributed by atoms with Crippen LogP contribution in [-0.4, -0.2) is 33.3 Å². The largest absolute Gasteiger partial charge is 0.497 e. The molecule has 0 spiro atoms. The van der Waals surface area contributed by atoms with Crippen molar-refractivity contribution in [3.8, 4) is 5.75 Å². The minimum atomic E-state index is 0.642. The number of fused-ring (bicyclic) bond motifs is 2. The standard InChI is InChI=1S/C14H20N2O/c1-16-13-8-12(17-2)4-3-10(13)7-11-5-6-15-9-14(11)16/h3-4,8,11,14-15H,5-7,9H2,1-2H3. The minimum Gasteiger partial charge on any atom is -0.497 e. The van der Waals surface area contributed by atoms with Gasteiger partial charge in [0.25, 0.3) is 0 Å². The second-order valence-corrected chi connectivity index (χ2v) is 5.13. The predicted molar refractivity (Wildman–Crippen MR) is 69.9 cm³/mol. The molecule has 0 aromatic heterocycles. The fourth-order valence-electron chi connectivity index (χ4n) is 3.22. The molecule has 3 nitrogen and oxygen atoms in total. The van der Waals surface area contributed by atoms with E-state index in [2.05, 4.69) is 35.5 Å². The van der Waals surface area contributed by atoms with E-state index in [1.807, 2.05) is 0 Å². The SMILES string of the molecule is COc1ccc2c(c1)N(C)C1CNCCC1C2. The molecule has 0 amide bonds. The van der Waals surface area contributed by atoms with Crippen LogP contribution in [0.2, 0.25) is 0 Å². The Hall–Kier alpha value is -1.22. The average Bonchev–Trinajstić information content (AvgIpc) is 2.39. The van der Waals surface area contributed by atoms with E-state index in [-0.39, 0.29) is 0 Å². The maximum absolute atomic E-state index is 5.32. The maximum atomic E-state index is 5.32. The monoisotopic (exact) mass is 232 g/mol. The van der Waals surface area contributed by atoms with Crippen LogP contribution in [0.5, 0.6) is 5.75 Å².